The Morgan fingerprint density at radius 1 is 1.27 bits per heavy atom. The minimum absolute atomic E-state index is 0.101. The van der Waals surface area contributed by atoms with Gasteiger partial charge in [0, 0.05) is 12.1 Å². The number of carboxylic acid groups (broad SMARTS) is 1. The number of piperidine rings is 1. The molecule has 0 atom stereocenters. The van der Waals surface area contributed by atoms with Crippen molar-refractivity contribution >= 4 is 17.4 Å². The van der Waals surface area contributed by atoms with E-state index in [1.54, 1.807) is 12.2 Å². The zero-order valence-corrected chi connectivity index (χ0v) is 17.2. The van der Waals surface area contributed by atoms with Crippen molar-refractivity contribution in [2.45, 2.75) is 25.4 Å². The molecule has 0 aliphatic carbocycles. The molecule has 0 bridgehead atoms. The van der Waals surface area contributed by atoms with Gasteiger partial charge < -0.3 is 20.5 Å². The molecular formula is C24H28N2O4. The molecule has 0 aromatic heterocycles. The lowest BCUT2D eigenvalue weighted by Crippen LogP contribution is -2.44. The monoisotopic (exact) mass is 408 g/mol. The maximum Gasteiger partial charge on any atom is 0.335 e. The van der Waals surface area contributed by atoms with E-state index < -0.39 is 5.97 Å². The Bertz CT molecular complexity index is 904. The predicted molar refractivity (Wildman–Crippen MR) is 117 cm³/mol. The third kappa shape index (κ3) is 4.96. The van der Waals surface area contributed by atoms with Crippen LogP contribution in [-0.2, 0) is 9.53 Å². The summed E-state index contributed by atoms with van der Waals surface area (Å²) in [6, 6.07) is 7.48. The number of carbonyl (C=O) groups is 2. The number of carbonyl (C=O) groups excluding carboxylic acids is 1. The lowest BCUT2D eigenvalue weighted by atomic mass is 9.83. The first-order chi connectivity index (χ1) is 14.5. The van der Waals surface area contributed by atoms with E-state index in [0.717, 1.165) is 42.6 Å². The molecule has 2 aliphatic heterocycles. The van der Waals surface area contributed by atoms with Crippen LogP contribution in [0.15, 0.2) is 66.3 Å². The maximum absolute atomic E-state index is 12.1. The topological polar surface area (TPSA) is 87.7 Å². The van der Waals surface area contributed by atoms with Crippen molar-refractivity contribution in [3.63, 3.8) is 0 Å². The van der Waals surface area contributed by atoms with Gasteiger partial charge in [-0.2, -0.15) is 0 Å². The number of nitrogens with one attached hydrogen (secondary N) is 2. The third-order valence-corrected chi connectivity index (χ3v) is 5.44. The third-order valence-electron chi connectivity index (χ3n) is 5.44. The fraction of sp³-hybridized carbons (Fsp3) is 0.333. The molecule has 1 spiro atoms. The van der Waals surface area contributed by atoms with Crippen molar-refractivity contribution in [3.05, 3.63) is 77.4 Å². The number of aliphatic carboxylic acids is 1. The van der Waals surface area contributed by atoms with Crippen LogP contribution in [0.5, 0.6) is 0 Å². The Balaban J connectivity index is 2.00. The average molecular weight is 408 g/mol. The van der Waals surface area contributed by atoms with Gasteiger partial charge in [0.05, 0.1) is 17.8 Å². The van der Waals surface area contributed by atoms with Crippen molar-refractivity contribution < 1.29 is 19.4 Å². The predicted octanol–water partition coefficient (Wildman–Crippen LogP) is 3.10. The molecular weight excluding hydrogens is 380 g/mol. The number of carboxylic acids is 1. The van der Waals surface area contributed by atoms with Gasteiger partial charge in [0.2, 0.25) is 0 Å². The molecule has 30 heavy (non-hydrogen) atoms. The molecule has 0 unspecified atom stereocenters. The summed E-state index contributed by atoms with van der Waals surface area (Å²) in [5.74, 6) is -1.12. The van der Waals surface area contributed by atoms with Crippen LogP contribution in [0, 0.1) is 0 Å². The van der Waals surface area contributed by atoms with Gasteiger partial charge in [0.15, 0.2) is 0 Å². The summed E-state index contributed by atoms with van der Waals surface area (Å²) in [5.41, 5.74) is 3.28. The van der Waals surface area contributed by atoms with Crippen LogP contribution in [0.3, 0.4) is 0 Å². The minimum atomic E-state index is -1.02. The van der Waals surface area contributed by atoms with E-state index >= 15 is 0 Å². The number of benzene rings is 1. The Morgan fingerprint density at radius 3 is 2.57 bits per heavy atom. The van der Waals surface area contributed by atoms with Gasteiger partial charge in [0.25, 0.3) is 5.91 Å². The van der Waals surface area contributed by atoms with E-state index in [1.165, 1.54) is 6.08 Å². The maximum atomic E-state index is 12.1. The molecule has 2 aliphatic rings. The summed E-state index contributed by atoms with van der Waals surface area (Å²) >= 11 is 0. The van der Waals surface area contributed by atoms with Crippen molar-refractivity contribution in [2.24, 2.45) is 0 Å². The number of hydrogen-bond acceptors (Lipinski definition) is 4. The molecule has 2 heterocycles. The second-order valence-corrected chi connectivity index (χ2v) is 7.42. The highest BCUT2D eigenvalue weighted by molar-refractivity contribution is 5.95. The molecule has 0 radical (unpaired) electrons. The highest BCUT2D eigenvalue weighted by atomic mass is 16.5. The number of amides is 1. The number of rotatable bonds is 6. The fourth-order valence-corrected chi connectivity index (χ4v) is 3.72. The van der Waals surface area contributed by atoms with E-state index in [4.69, 9.17) is 4.74 Å². The van der Waals surface area contributed by atoms with E-state index in [9.17, 15) is 14.7 Å². The Hall–Kier alpha value is -2.96. The highest BCUT2D eigenvalue weighted by Gasteiger charge is 2.35. The van der Waals surface area contributed by atoms with Gasteiger partial charge in [-0.05, 0) is 73.8 Å². The summed E-state index contributed by atoms with van der Waals surface area (Å²) in [4.78, 5) is 23.4. The van der Waals surface area contributed by atoms with Gasteiger partial charge in [-0.15, -0.1) is 0 Å². The average Bonchev–Trinajstić information content (AvgIpc) is 2.76. The lowest BCUT2D eigenvalue weighted by Gasteiger charge is -2.39. The van der Waals surface area contributed by atoms with Crippen molar-refractivity contribution in [1.29, 1.82) is 0 Å². The summed E-state index contributed by atoms with van der Waals surface area (Å²) in [6.45, 7) is 8.19. The number of hydrogen-bond donors (Lipinski definition) is 3. The first-order valence-corrected chi connectivity index (χ1v) is 10.2. The molecule has 0 saturated carbocycles. The molecule has 3 rings (SSSR count). The Morgan fingerprint density at radius 2 is 1.97 bits per heavy atom. The summed E-state index contributed by atoms with van der Waals surface area (Å²) in [6.07, 6.45) is 8.57. The van der Waals surface area contributed by atoms with Gasteiger partial charge in [-0.1, -0.05) is 30.9 Å². The van der Waals surface area contributed by atoms with Crippen molar-refractivity contribution in [1.82, 2.24) is 10.6 Å². The Labute approximate surface area is 177 Å². The first kappa shape index (κ1) is 21.7. The first-order valence-electron chi connectivity index (χ1n) is 10.2. The molecule has 1 aromatic rings. The van der Waals surface area contributed by atoms with Crippen LogP contribution in [-0.4, -0.2) is 48.8 Å². The Kier molecular flexibility index (Phi) is 7.03. The number of ether oxygens (including phenoxy) is 1. The van der Waals surface area contributed by atoms with Gasteiger partial charge in [-0.25, -0.2) is 4.79 Å². The highest BCUT2D eigenvalue weighted by Crippen LogP contribution is 2.37. The van der Waals surface area contributed by atoms with E-state index in [1.807, 2.05) is 31.2 Å². The van der Waals surface area contributed by atoms with Crippen LogP contribution in [0.2, 0.25) is 0 Å². The fourth-order valence-electron chi connectivity index (χ4n) is 3.72. The van der Waals surface area contributed by atoms with Crippen LogP contribution < -0.4 is 10.6 Å². The van der Waals surface area contributed by atoms with Crippen LogP contribution in [0.1, 0.15) is 35.7 Å². The summed E-state index contributed by atoms with van der Waals surface area (Å²) in [7, 11) is 0. The zero-order valence-electron chi connectivity index (χ0n) is 17.2. The molecule has 158 valence electrons. The second-order valence-electron chi connectivity index (χ2n) is 7.42. The molecule has 1 saturated heterocycles. The molecule has 1 aromatic carbocycles. The molecule has 1 fully saturated rings. The molecule has 1 amide bonds. The SMILES string of the molecule is C=C/C(=C\C=C1/COC2(C=C1c1ccc(C(=O)NCC)cc1)CCNCC2)C(=O)O. The lowest BCUT2D eigenvalue weighted by molar-refractivity contribution is -0.132. The van der Waals surface area contributed by atoms with Crippen LogP contribution in [0.25, 0.3) is 5.57 Å². The largest absolute Gasteiger partial charge is 0.478 e. The molecule has 6 heteroatoms. The zero-order chi connectivity index (χ0) is 21.6. The van der Waals surface area contributed by atoms with Crippen LogP contribution in [0.4, 0.5) is 0 Å². The normalized spacial score (nSPS) is 20.0. The summed E-state index contributed by atoms with van der Waals surface area (Å²) in [5, 5.41) is 15.4. The van der Waals surface area contributed by atoms with Gasteiger partial charge >= 0.3 is 5.97 Å². The van der Waals surface area contributed by atoms with E-state index in [2.05, 4.69) is 23.3 Å². The second kappa shape index (κ2) is 9.69. The smallest absolute Gasteiger partial charge is 0.335 e. The standard InChI is InChI=1S/C24H28N2O4/c1-3-17(23(28)29)5-10-20-16-30-24(11-13-25-14-12-24)15-21(20)18-6-8-19(9-7-18)22(27)26-4-2/h3,5-10,15,25H,1,4,11-14,16H2,2H3,(H,26,27)(H,28,29)/b17-5+,20-10+. The molecule has 6 nitrogen and oxygen atoms in total. The quantitative estimate of drug-likeness (QED) is 0.497. The summed E-state index contributed by atoms with van der Waals surface area (Å²) < 4.78 is 6.24. The number of allylic oxidation sites excluding steroid dienone is 2. The van der Waals surface area contributed by atoms with Gasteiger partial charge in [0.1, 0.15) is 0 Å². The minimum Gasteiger partial charge on any atom is -0.478 e. The molecule has 3 N–H and O–H groups in total. The van der Waals surface area contributed by atoms with E-state index in [0.29, 0.717) is 18.7 Å². The van der Waals surface area contributed by atoms with Crippen molar-refractivity contribution in [3.8, 4) is 0 Å². The van der Waals surface area contributed by atoms with E-state index in [-0.39, 0.29) is 17.1 Å². The van der Waals surface area contributed by atoms with Crippen LogP contribution >= 0.6 is 0 Å². The van der Waals surface area contributed by atoms with Gasteiger partial charge in [-0.3, -0.25) is 4.79 Å². The van der Waals surface area contributed by atoms with Crippen molar-refractivity contribution in [2.75, 3.05) is 26.2 Å².